The average Bonchev–Trinajstić information content (AvgIpc) is 3.36. The Morgan fingerprint density at radius 1 is 1.34 bits per heavy atom. The van der Waals surface area contributed by atoms with Gasteiger partial charge in [0.05, 0.1) is 16.2 Å². The second kappa shape index (κ2) is 8.00. The van der Waals surface area contributed by atoms with Gasteiger partial charge in [0.1, 0.15) is 5.82 Å². The predicted molar refractivity (Wildman–Crippen MR) is 114 cm³/mol. The summed E-state index contributed by atoms with van der Waals surface area (Å²) < 4.78 is 0. The number of carbonyl (C=O) groups is 2. The van der Waals surface area contributed by atoms with Gasteiger partial charge in [0.2, 0.25) is 0 Å². The molecule has 2 aliphatic rings. The Labute approximate surface area is 174 Å². The van der Waals surface area contributed by atoms with E-state index in [1.807, 2.05) is 13.8 Å². The van der Waals surface area contributed by atoms with E-state index in [2.05, 4.69) is 25.5 Å². The van der Waals surface area contributed by atoms with Crippen molar-refractivity contribution in [3.63, 3.8) is 0 Å². The lowest BCUT2D eigenvalue weighted by molar-refractivity contribution is -0.110. The van der Waals surface area contributed by atoms with E-state index < -0.39 is 0 Å². The van der Waals surface area contributed by atoms with Gasteiger partial charge in [0.25, 0.3) is 11.8 Å². The molecule has 4 rings (SSSR count). The van der Waals surface area contributed by atoms with E-state index in [0.29, 0.717) is 34.1 Å². The van der Waals surface area contributed by atoms with Crippen LogP contribution in [0.15, 0.2) is 12.3 Å². The Bertz CT molecular complexity index is 1000. The number of aromatic nitrogens is 2. The van der Waals surface area contributed by atoms with Crippen LogP contribution >= 0.6 is 11.6 Å². The number of carbonyl (C=O) groups excluding carboxylic acids is 2. The molecule has 29 heavy (non-hydrogen) atoms. The minimum Gasteiger partial charge on any atom is -0.358 e. The highest BCUT2D eigenvalue weighted by atomic mass is 35.5. The molecule has 0 aliphatic carbocycles. The van der Waals surface area contributed by atoms with Gasteiger partial charge in [0, 0.05) is 36.2 Å². The van der Waals surface area contributed by atoms with E-state index in [9.17, 15) is 9.59 Å². The highest BCUT2D eigenvalue weighted by Crippen LogP contribution is 2.34. The summed E-state index contributed by atoms with van der Waals surface area (Å²) in [5.74, 6) is 0.158. The Hall–Kier alpha value is -2.64. The summed E-state index contributed by atoms with van der Waals surface area (Å²) in [7, 11) is 0. The molecule has 0 bridgehead atoms. The molecule has 152 valence electrons. The first-order chi connectivity index (χ1) is 13.9. The van der Waals surface area contributed by atoms with Gasteiger partial charge >= 0.3 is 0 Å². The van der Waals surface area contributed by atoms with Crippen molar-refractivity contribution in [3.8, 4) is 0 Å². The number of anilines is 1. The van der Waals surface area contributed by atoms with Crippen LogP contribution in [0.25, 0.3) is 11.6 Å². The summed E-state index contributed by atoms with van der Waals surface area (Å²) in [4.78, 5) is 34.9. The quantitative estimate of drug-likeness (QED) is 0.657. The van der Waals surface area contributed by atoms with Crippen molar-refractivity contribution in [1.29, 1.82) is 0 Å². The van der Waals surface area contributed by atoms with Crippen LogP contribution in [0.2, 0.25) is 5.02 Å². The largest absolute Gasteiger partial charge is 0.358 e. The molecule has 1 fully saturated rings. The SMILES string of the molecule is Cc1[nH]c(/C=C2\C(=O)Nc3ncc(Cl)cc32)c(C)c1C(=O)NCCN1CCCC1. The number of H-pyrrole nitrogens is 1. The monoisotopic (exact) mass is 413 g/mol. The number of aryl methyl sites for hydroxylation is 1. The number of nitrogens with one attached hydrogen (secondary N) is 3. The Kier molecular flexibility index (Phi) is 5.43. The number of nitrogens with zero attached hydrogens (tertiary/aromatic N) is 2. The number of aromatic amines is 1. The van der Waals surface area contributed by atoms with E-state index in [1.54, 1.807) is 12.1 Å². The molecule has 3 N–H and O–H groups in total. The third kappa shape index (κ3) is 3.93. The van der Waals surface area contributed by atoms with Gasteiger partial charge < -0.3 is 20.5 Å². The Morgan fingerprint density at radius 3 is 2.86 bits per heavy atom. The molecule has 2 aromatic rings. The van der Waals surface area contributed by atoms with Gasteiger partial charge in [-0.1, -0.05) is 11.6 Å². The van der Waals surface area contributed by atoms with Gasteiger partial charge in [-0.05, 0) is 57.5 Å². The number of hydrogen-bond donors (Lipinski definition) is 3. The maximum absolute atomic E-state index is 12.7. The van der Waals surface area contributed by atoms with Crippen LogP contribution in [0.1, 0.15) is 45.7 Å². The molecule has 8 heteroatoms. The van der Waals surface area contributed by atoms with Crippen LogP contribution < -0.4 is 10.6 Å². The van der Waals surface area contributed by atoms with E-state index in [-0.39, 0.29) is 11.8 Å². The summed E-state index contributed by atoms with van der Waals surface area (Å²) >= 11 is 6.04. The summed E-state index contributed by atoms with van der Waals surface area (Å²) in [5.41, 5.74) is 4.07. The zero-order valence-electron chi connectivity index (χ0n) is 16.6. The first-order valence-electron chi connectivity index (χ1n) is 9.82. The second-order valence-corrected chi connectivity index (χ2v) is 7.97. The van der Waals surface area contributed by atoms with Crippen molar-refractivity contribution >= 4 is 40.9 Å². The van der Waals surface area contributed by atoms with Crippen LogP contribution in [0.5, 0.6) is 0 Å². The fourth-order valence-electron chi connectivity index (χ4n) is 4.01. The van der Waals surface area contributed by atoms with Gasteiger partial charge in [-0.15, -0.1) is 0 Å². The predicted octanol–water partition coefficient (Wildman–Crippen LogP) is 3.00. The fraction of sp³-hybridized carbons (Fsp3) is 0.381. The first-order valence-corrected chi connectivity index (χ1v) is 10.2. The third-order valence-corrected chi connectivity index (χ3v) is 5.73. The summed E-state index contributed by atoms with van der Waals surface area (Å²) in [6.07, 6.45) is 5.72. The summed E-state index contributed by atoms with van der Waals surface area (Å²) in [6.45, 7) is 7.46. The number of fused-ring (bicyclic) bond motifs is 1. The number of rotatable bonds is 5. The molecule has 2 amide bonds. The third-order valence-electron chi connectivity index (χ3n) is 5.53. The standard InChI is InChI=1S/C21H24ClN5O2/c1-12-17(10-16-15-9-14(22)11-24-19(15)26-20(16)28)25-13(2)18(12)21(29)23-5-8-27-6-3-4-7-27/h9-11,25H,3-8H2,1-2H3,(H,23,29)(H,24,26,28)/b16-10-. The molecule has 2 aromatic heterocycles. The van der Waals surface area contributed by atoms with Crippen molar-refractivity contribution in [2.75, 3.05) is 31.5 Å². The first kappa shape index (κ1) is 19.7. The lowest BCUT2D eigenvalue weighted by atomic mass is 10.0. The summed E-state index contributed by atoms with van der Waals surface area (Å²) in [6, 6.07) is 1.71. The number of halogens is 1. The number of hydrogen-bond acceptors (Lipinski definition) is 4. The highest BCUT2D eigenvalue weighted by Gasteiger charge is 2.27. The average molecular weight is 414 g/mol. The Balaban J connectivity index is 1.54. The molecule has 0 unspecified atom stereocenters. The molecule has 0 radical (unpaired) electrons. The van der Waals surface area contributed by atoms with Crippen LogP contribution in [0.4, 0.5) is 5.82 Å². The maximum atomic E-state index is 12.7. The molecule has 4 heterocycles. The maximum Gasteiger partial charge on any atom is 0.257 e. The van der Waals surface area contributed by atoms with Gasteiger partial charge in [-0.3, -0.25) is 9.59 Å². The normalized spacial score (nSPS) is 17.6. The number of likely N-dealkylation sites (tertiary alicyclic amines) is 1. The molecule has 0 aromatic carbocycles. The summed E-state index contributed by atoms with van der Waals surface area (Å²) in [5, 5.41) is 6.22. The molecule has 2 aliphatic heterocycles. The smallest absolute Gasteiger partial charge is 0.257 e. The van der Waals surface area contributed by atoms with Gasteiger partial charge in [0.15, 0.2) is 0 Å². The molecule has 0 spiro atoms. The van der Waals surface area contributed by atoms with Crippen LogP contribution in [0.3, 0.4) is 0 Å². The molecular formula is C21H24ClN5O2. The van der Waals surface area contributed by atoms with Gasteiger partial charge in [-0.2, -0.15) is 0 Å². The Morgan fingerprint density at radius 2 is 2.10 bits per heavy atom. The van der Waals surface area contributed by atoms with E-state index >= 15 is 0 Å². The van der Waals surface area contributed by atoms with E-state index in [1.165, 1.54) is 19.0 Å². The lowest BCUT2D eigenvalue weighted by Crippen LogP contribution is -2.33. The van der Waals surface area contributed by atoms with Crippen LogP contribution in [-0.4, -0.2) is 52.9 Å². The fourth-order valence-corrected chi connectivity index (χ4v) is 4.17. The van der Waals surface area contributed by atoms with Crippen LogP contribution in [-0.2, 0) is 4.79 Å². The minimum absolute atomic E-state index is 0.0962. The van der Waals surface area contributed by atoms with Crippen molar-refractivity contribution < 1.29 is 9.59 Å². The number of pyridine rings is 1. The molecule has 1 saturated heterocycles. The molecule has 7 nitrogen and oxygen atoms in total. The molecule has 0 atom stereocenters. The van der Waals surface area contributed by atoms with E-state index in [4.69, 9.17) is 11.6 Å². The lowest BCUT2D eigenvalue weighted by Gasteiger charge is -2.14. The van der Waals surface area contributed by atoms with Crippen molar-refractivity contribution in [2.45, 2.75) is 26.7 Å². The zero-order chi connectivity index (χ0) is 20.5. The zero-order valence-corrected chi connectivity index (χ0v) is 17.3. The topological polar surface area (TPSA) is 90.1 Å². The van der Waals surface area contributed by atoms with Crippen LogP contribution in [0, 0.1) is 13.8 Å². The number of amides is 2. The van der Waals surface area contributed by atoms with Gasteiger partial charge in [-0.25, -0.2) is 4.98 Å². The van der Waals surface area contributed by atoms with Crippen molar-refractivity contribution in [1.82, 2.24) is 20.2 Å². The molecule has 0 saturated carbocycles. The second-order valence-electron chi connectivity index (χ2n) is 7.53. The molecular weight excluding hydrogens is 390 g/mol. The minimum atomic E-state index is -0.238. The van der Waals surface area contributed by atoms with Crippen molar-refractivity contribution in [3.05, 3.63) is 45.4 Å². The highest BCUT2D eigenvalue weighted by molar-refractivity contribution is 6.36. The van der Waals surface area contributed by atoms with E-state index in [0.717, 1.165) is 36.6 Å². The van der Waals surface area contributed by atoms with Crippen molar-refractivity contribution in [2.24, 2.45) is 0 Å².